The van der Waals surface area contributed by atoms with Gasteiger partial charge in [-0.2, -0.15) is 5.10 Å². The minimum absolute atomic E-state index is 0.0482. The molecule has 0 aliphatic heterocycles. The standard InChI is InChI=1S/C9H8N4O3S/c14-7(12-9-10-1-2-17-9)5-13-4-6(3-11-13)8(15)16/h1-4H,5H2,(H,15,16)(H,10,12,14). The first-order valence-corrected chi connectivity index (χ1v) is 5.48. The average Bonchev–Trinajstić information content (AvgIpc) is 2.88. The van der Waals surface area contributed by atoms with Crippen molar-refractivity contribution in [2.24, 2.45) is 0 Å². The Balaban J connectivity index is 1.96. The molecule has 2 aromatic heterocycles. The number of carboxylic acids is 1. The molecule has 2 heterocycles. The quantitative estimate of drug-likeness (QED) is 0.833. The number of rotatable bonds is 4. The predicted molar refractivity (Wildman–Crippen MR) is 59.9 cm³/mol. The zero-order chi connectivity index (χ0) is 12.3. The fourth-order valence-corrected chi connectivity index (χ4v) is 1.70. The van der Waals surface area contributed by atoms with Gasteiger partial charge in [0.05, 0.1) is 11.8 Å². The Labute approximate surface area is 99.7 Å². The highest BCUT2D eigenvalue weighted by atomic mass is 32.1. The van der Waals surface area contributed by atoms with Gasteiger partial charge in [0.15, 0.2) is 5.13 Å². The number of thiazole rings is 1. The Morgan fingerprint density at radius 1 is 1.53 bits per heavy atom. The van der Waals surface area contributed by atoms with Crippen molar-refractivity contribution >= 4 is 28.3 Å². The molecule has 2 aromatic rings. The van der Waals surface area contributed by atoms with Crippen LogP contribution in [0.15, 0.2) is 24.0 Å². The summed E-state index contributed by atoms with van der Waals surface area (Å²) in [4.78, 5) is 26.0. The van der Waals surface area contributed by atoms with E-state index < -0.39 is 5.97 Å². The summed E-state index contributed by atoms with van der Waals surface area (Å²) in [5.41, 5.74) is 0.0482. The molecule has 0 aliphatic carbocycles. The zero-order valence-electron chi connectivity index (χ0n) is 8.53. The predicted octanol–water partition coefficient (Wildman–Crippen LogP) is 0.676. The Bertz CT molecular complexity index is 534. The van der Waals surface area contributed by atoms with Gasteiger partial charge in [0, 0.05) is 17.8 Å². The molecule has 2 N–H and O–H groups in total. The van der Waals surface area contributed by atoms with Crippen LogP contribution in [0, 0.1) is 0 Å². The number of carboxylic acid groups (broad SMARTS) is 1. The van der Waals surface area contributed by atoms with Crippen LogP contribution in [0.1, 0.15) is 10.4 Å². The van der Waals surface area contributed by atoms with Gasteiger partial charge in [0.2, 0.25) is 5.91 Å². The number of nitrogens with one attached hydrogen (secondary N) is 1. The van der Waals surface area contributed by atoms with Gasteiger partial charge >= 0.3 is 5.97 Å². The monoisotopic (exact) mass is 252 g/mol. The molecule has 8 heteroatoms. The second-order valence-corrected chi connectivity index (χ2v) is 4.01. The molecular weight excluding hydrogens is 244 g/mol. The molecule has 0 spiro atoms. The summed E-state index contributed by atoms with van der Waals surface area (Å²) >= 11 is 1.31. The number of anilines is 1. The van der Waals surface area contributed by atoms with Gasteiger partial charge in [-0.25, -0.2) is 9.78 Å². The zero-order valence-corrected chi connectivity index (χ0v) is 9.35. The molecule has 0 fully saturated rings. The summed E-state index contributed by atoms with van der Waals surface area (Å²) in [5, 5.41) is 17.3. The second-order valence-electron chi connectivity index (χ2n) is 3.12. The lowest BCUT2D eigenvalue weighted by Crippen LogP contribution is -2.18. The average molecular weight is 252 g/mol. The third-order valence-corrected chi connectivity index (χ3v) is 2.55. The molecule has 0 aliphatic rings. The normalized spacial score (nSPS) is 10.1. The van der Waals surface area contributed by atoms with E-state index in [9.17, 15) is 9.59 Å². The maximum atomic E-state index is 11.5. The number of hydrogen-bond donors (Lipinski definition) is 2. The maximum Gasteiger partial charge on any atom is 0.338 e. The molecule has 0 aromatic carbocycles. The van der Waals surface area contributed by atoms with Gasteiger partial charge in [-0.05, 0) is 0 Å². The van der Waals surface area contributed by atoms with E-state index in [1.54, 1.807) is 11.6 Å². The summed E-state index contributed by atoms with van der Waals surface area (Å²) in [6, 6.07) is 0. The van der Waals surface area contributed by atoms with Gasteiger partial charge < -0.3 is 10.4 Å². The molecule has 0 unspecified atom stereocenters. The topological polar surface area (TPSA) is 97.1 Å². The molecule has 0 atom stereocenters. The van der Waals surface area contributed by atoms with E-state index in [-0.39, 0.29) is 18.0 Å². The summed E-state index contributed by atoms with van der Waals surface area (Å²) in [6.45, 7) is -0.0488. The van der Waals surface area contributed by atoms with Crippen LogP contribution in [0.5, 0.6) is 0 Å². The van der Waals surface area contributed by atoms with Crippen LogP contribution in [-0.4, -0.2) is 31.7 Å². The van der Waals surface area contributed by atoms with E-state index in [0.29, 0.717) is 5.13 Å². The lowest BCUT2D eigenvalue weighted by molar-refractivity contribution is -0.116. The highest BCUT2D eigenvalue weighted by Crippen LogP contribution is 2.10. The Morgan fingerprint density at radius 3 is 2.94 bits per heavy atom. The molecule has 88 valence electrons. The largest absolute Gasteiger partial charge is 0.478 e. The molecule has 0 saturated carbocycles. The van der Waals surface area contributed by atoms with Crippen molar-refractivity contribution in [2.45, 2.75) is 6.54 Å². The highest BCUT2D eigenvalue weighted by molar-refractivity contribution is 7.13. The van der Waals surface area contributed by atoms with Crippen LogP contribution >= 0.6 is 11.3 Å². The first kappa shape index (κ1) is 11.3. The van der Waals surface area contributed by atoms with Crippen molar-refractivity contribution in [3.63, 3.8) is 0 Å². The Kier molecular flexibility index (Phi) is 3.15. The van der Waals surface area contributed by atoms with Crippen molar-refractivity contribution in [1.82, 2.24) is 14.8 Å². The highest BCUT2D eigenvalue weighted by Gasteiger charge is 2.09. The first-order valence-electron chi connectivity index (χ1n) is 4.60. The number of carbonyl (C=O) groups excluding carboxylic acids is 1. The third kappa shape index (κ3) is 2.88. The molecule has 7 nitrogen and oxygen atoms in total. The summed E-state index contributed by atoms with van der Waals surface area (Å²) in [5.74, 6) is -1.38. The van der Waals surface area contributed by atoms with E-state index in [2.05, 4.69) is 15.4 Å². The van der Waals surface area contributed by atoms with E-state index in [0.717, 1.165) is 0 Å². The smallest absolute Gasteiger partial charge is 0.338 e. The molecule has 2 rings (SSSR count). The van der Waals surface area contributed by atoms with Crippen molar-refractivity contribution in [1.29, 1.82) is 0 Å². The van der Waals surface area contributed by atoms with Crippen LogP contribution in [-0.2, 0) is 11.3 Å². The fourth-order valence-electron chi connectivity index (χ4n) is 1.15. The SMILES string of the molecule is O=C(Cn1cc(C(=O)O)cn1)Nc1nccs1. The van der Waals surface area contributed by atoms with Gasteiger partial charge in [-0.15, -0.1) is 11.3 Å². The minimum Gasteiger partial charge on any atom is -0.478 e. The van der Waals surface area contributed by atoms with E-state index in [4.69, 9.17) is 5.11 Å². The van der Waals surface area contributed by atoms with Gasteiger partial charge in [-0.3, -0.25) is 9.48 Å². The molecule has 0 bridgehead atoms. The minimum atomic E-state index is -1.07. The number of aromatic carboxylic acids is 1. The lowest BCUT2D eigenvalue weighted by Gasteiger charge is -2.01. The van der Waals surface area contributed by atoms with Crippen LogP contribution in [0.25, 0.3) is 0 Å². The molecular formula is C9H8N4O3S. The van der Waals surface area contributed by atoms with Gasteiger partial charge in [-0.1, -0.05) is 0 Å². The van der Waals surface area contributed by atoms with E-state index >= 15 is 0 Å². The molecule has 0 radical (unpaired) electrons. The van der Waals surface area contributed by atoms with E-state index in [1.165, 1.54) is 28.4 Å². The summed E-state index contributed by atoms with van der Waals surface area (Å²) < 4.78 is 1.26. The van der Waals surface area contributed by atoms with Gasteiger partial charge in [0.25, 0.3) is 0 Å². The molecule has 1 amide bonds. The number of amides is 1. The fraction of sp³-hybridized carbons (Fsp3) is 0.111. The Morgan fingerprint density at radius 2 is 2.35 bits per heavy atom. The van der Waals surface area contributed by atoms with Crippen LogP contribution < -0.4 is 5.32 Å². The molecule has 17 heavy (non-hydrogen) atoms. The Hall–Kier alpha value is -2.22. The van der Waals surface area contributed by atoms with Gasteiger partial charge in [0.1, 0.15) is 6.54 Å². The van der Waals surface area contributed by atoms with Crippen molar-refractivity contribution in [2.75, 3.05) is 5.32 Å². The van der Waals surface area contributed by atoms with E-state index in [1.807, 2.05) is 0 Å². The van der Waals surface area contributed by atoms with Crippen molar-refractivity contribution in [3.8, 4) is 0 Å². The number of nitrogens with zero attached hydrogens (tertiary/aromatic N) is 3. The summed E-state index contributed by atoms with van der Waals surface area (Å²) in [7, 11) is 0. The first-order chi connectivity index (χ1) is 8.15. The van der Waals surface area contributed by atoms with Crippen LogP contribution in [0.2, 0.25) is 0 Å². The van der Waals surface area contributed by atoms with Crippen molar-refractivity contribution in [3.05, 3.63) is 29.5 Å². The van der Waals surface area contributed by atoms with Crippen LogP contribution in [0.3, 0.4) is 0 Å². The number of aromatic nitrogens is 3. The van der Waals surface area contributed by atoms with Crippen LogP contribution in [0.4, 0.5) is 5.13 Å². The lowest BCUT2D eigenvalue weighted by atomic mass is 10.4. The number of hydrogen-bond acceptors (Lipinski definition) is 5. The third-order valence-electron chi connectivity index (χ3n) is 1.86. The second kappa shape index (κ2) is 4.74. The molecule has 0 saturated heterocycles. The van der Waals surface area contributed by atoms with Crippen molar-refractivity contribution < 1.29 is 14.7 Å². The maximum absolute atomic E-state index is 11.5. The summed E-state index contributed by atoms with van der Waals surface area (Å²) in [6.07, 6.45) is 4.07. The number of carbonyl (C=O) groups is 2.